The van der Waals surface area contributed by atoms with Crippen LogP contribution in [0.1, 0.15) is 44.7 Å². The van der Waals surface area contributed by atoms with Crippen molar-refractivity contribution < 1.29 is 4.79 Å². The lowest BCUT2D eigenvalue weighted by molar-refractivity contribution is -0.131. The highest BCUT2D eigenvalue weighted by atomic mass is 32.2. The molecule has 2 rings (SSSR count). The average Bonchev–Trinajstić information content (AvgIpc) is 2.45. The van der Waals surface area contributed by atoms with Crippen LogP contribution in [-0.2, 0) is 4.79 Å². The lowest BCUT2D eigenvalue weighted by atomic mass is 9.94. The SMILES string of the molecule is Cc1cc(N)nc(S[C@H](C)C(=O)N(C)C2CCCCC2)n1. The lowest BCUT2D eigenvalue weighted by Crippen LogP contribution is -2.42. The standard InChI is InChI=1S/C15H24N4OS/c1-10-9-13(16)18-15(17-10)21-11(2)14(20)19(3)12-7-5-4-6-8-12/h9,11-12H,4-8H2,1-3H3,(H2,16,17,18)/t11-/m1/s1. The minimum Gasteiger partial charge on any atom is -0.384 e. The molecule has 1 aromatic heterocycles. The van der Waals surface area contributed by atoms with Crippen molar-refractivity contribution in [2.24, 2.45) is 0 Å². The van der Waals surface area contributed by atoms with Crippen molar-refractivity contribution in [1.29, 1.82) is 0 Å². The van der Waals surface area contributed by atoms with E-state index in [9.17, 15) is 4.79 Å². The molecule has 1 amide bonds. The van der Waals surface area contributed by atoms with Gasteiger partial charge in [-0.15, -0.1) is 0 Å². The van der Waals surface area contributed by atoms with Gasteiger partial charge < -0.3 is 10.6 Å². The smallest absolute Gasteiger partial charge is 0.235 e. The summed E-state index contributed by atoms with van der Waals surface area (Å²) in [5.41, 5.74) is 6.55. The van der Waals surface area contributed by atoms with E-state index in [4.69, 9.17) is 5.73 Å². The van der Waals surface area contributed by atoms with Gasteiger partial charge in [-0.05, 0) is 26.7 Å². The van der Waals surface area contributed by atoms with Crippen molar-refractivity contribution >= 4 is 23.5 Å². The van der Waals surface area contributed by atoms with E-state index in [1.165, 1.54) is 31.0 Å². The van der Waals surface area contributed by atoms with Crippen LogP contribution in [0.15, 0.2) is 11.2 Å². The average molecular weight is 308 g/mol. The third-order valence-electron chi connectivity index (χ3n) is 3.95. The zero-order valence-electron chi connectivity index (χ0n) is 13.0. The maximum Gasteiger partial charge on any atom is 0.235 e. The molecule has 1 heterocycles. The lowest BCUT2D eigenvalue weighted by Gasteiger charge is -2.32. The molecule has 1 saturated carbocycles. The number of rotatable bonds is 4. The minimum atomic E-state index is -0.196. The number of amides is 1. The first-order valence-corrected chi connectivity index (χ1v) is 8.40. The van der Waals surface area contributed by atoms with Crippen LogP contribution in [0.2, 0.25) is 0 Å². The van der Waals surface area contributed by atoms with Crippen LogP contribution in [0.25, 0.3) is 0 Å². The van der Waals surface area contributed by atoms with Gasteiger partial charge in [0.1, 0.15) is 5.82 Å². The van der Waals surface area contributed by atoms with Crippen LogP contribution in [0.5, 0.6) is 0 Å². The van der Waals surface area contributed by atoms with Crippen LogP contribution >= 0.6 is 11.8 Å². The number of nitrogens with two attached hydrogens (primary N) is 1. The first-order chi connectivity index (χ1) is 9.97. The van der Waals surface area contributed by atoms with Gasteiger partial charge in [0.2, 0.25) is 5.91 Å². The van der Waals surface area contributed by atoms with Crippen LogP contribution in [0, 0.1) is 6.92 Å². The summed E-state index contributed by atoms with van der Waals surface area (Å²) in [6.07, 6.45) is 5.98. The molecule has 0 unspecified atom stereocenters. The maximum absolute atomic E-state index is 12.5. The van der Waals surface area contributed by atoms with E-state index >= 15 is 0 Å². The third kappa shape index (κ3) is 4.33. The van der Waals surface area contributed by atoms with E-state index in [0.717, 1.165) is 18.5 Å². The van der Waals surface area contributed by atoms with Crippen molar-refractivity contribution in [2.75, 3.05) is 12.8 Å². The zero-order chi connectivity index (χ0) is 15.4. The summed E-state index contributed by atoms with van der Waals surface area (Å²) in [6.45, 7) is 3.79. The predicted octanol–water partition coefficient (Wildman–Crippen LogP) is 2.64. The van der Waals surface area contributed by atoms with Gasteiger partial charge in [-0.2, -0.15) is 0 Å². The van der Waals surface area contributed by atoms with E-state index in [1.807, 2.05) is 25.8 Å². The van der Waals surface area contributed by atoms with Crippen molar-refractivity contribution in [3.05, 3.63) is 11.8 Å². The summed E-state index contributed by atoms with van der Waals surface area (Å²) >= 11 is 1.38. The fourth-order valence-electron chi connectivity index (χ4n) is 2.76. The second kappa shape index (κ2) is 7.11. The number of anilines is 1. The highest BCUT2D eigenvalue weighted by Gasteiger charge is 2.26. The molecule has 1 aliphatic carbocycles. The molecule has 0 saturated heterocycles. The topological polar surface area (TPSA) is 72.1 Å². The molecule has 1 fully saturated rings. The van der Waals surface area contributed by atoms with E-state index in [0.29, 0.717) is 17.0 Å². The molecule has 116 valence electrons. The molecule has 2 N–H and O–H groups in total. The number of hydrogen-bond acceptors (Lipinski definition) is 5. The number of carbonyl (C=O) groups excluding carboxylic acids is 1. The summed E-state index contributed by atoms with van der Waals surface area (Å²) in [5, 5.41) is 0.378. The molecule has 0 spiro atoms. The number of thioether (sulfide) groups is 1. The van der Waals surface area contributed by atoms with E-state index in [-0.39, 0.29) is 11.2 Å². The normalized spacial score (nSPS) is 17.5. The van der Waals surface area contributed by atoms with Crippen molar-refractivity contribution in [2.45, 2.75) is 62.4 Å². The van der Waals surface area contributed by atoms with Gasteiger partial charge in [0.05, 0.1) is 5.25 Å². The minimum absolute atomic E-state index is 0.149. The highest BCUT2D eigenvalue weighted by molar-refractivity contribution is 8.00. The van der Waals surface area contributed by atoms with Gasteiger partial charge in [-0.3, -0.25) is 4.79 Å². The molecule has 0 aromatic carbocycles. The van der Waals surface area contributed by atoms with E-state index in [1.54, 1.807) is 6.07 Å². The predicted molar refractivity (Wildman–Crippen MR) is 86.1 cm³/mol. The quantitative estimate of drug-likeness (QED) is 0.684. The Morgan fingerprint density at radius 3 is 2.67 bits per heavy atom. The van der Waals surface area contributed by atoms with E-state index < -0.39 is 0 Å². The number of nitrogens with zero attached hydrogens (tertiary/aromatic N) is 3. The fraction of sp³-hybridized carbons (Fsp3) is 0.667. The van der Waals surface area contributed by atoms with Crippen LogP contribution in [0.3, 0.4) is 0 Å². The number of carbonyl (C=O) groups is 1. The van der Waals surface area contributed by atoms with Crippen LogP contribution < -0.4 is 5.73 Å². The first-order valence-electron chi connectivity index (χ1n) is 7.52. The molecule has 0 bridgehead atoms. The van der Waals surface area contributed by atoms with Gasteiger partial charge in [0, 0.05) is 24.8 Å². The molecule has 0 radical (unpaired) electrons. The van der Waals surface area contributed by atoms with Crippen LogP contribution in [-0.4, -0.2) is 39.1 Å². The molecule has 1 atom stereocenters. The molecular formula is C15H24N4OS. The second-order valence-electron chi connectivity index (χ2n) is 5.72. The zero-order valence-corrected chi connectivity index (χ0v) is 13.8. The second-order valence-corrected chi connectivity index (χ2v) is 7.03. The molecule has 21 heavy (non-hydrogen) atoms. The Labute approximate surface area is 130 Å². The fourth-order valence-corrected chi connectivity index (χ4v) is 3.70. The van der Waals surface area contributed by atoms with Crippen LogP contribution in [0.4, 0.5) is 5.82 Å². The maximum atomic E-state index is 12.5. The Morgan fingerprint density at radius 1 is 1.38 bits per heavy atom. The number of hydrogen-bond donors (Lipinski definition) is 1. The summed E-state index contributed by atoms with van der Waals surface area (Å²) in [7, 11) is 1.92. The van der Waals surface area contributed by atoms with E-state index in [2.05, 4.69) is 9.97 Å². The van der Waals surface area contributed by atoms with Gasteiger partial charge in [-0.1, -0.05) is 31.0 Å². The summed E-state index contributed by atoms with van der Waals surface area (Å²) in [6, 6.07) is 2.11. The molecule has 0 aliphatic heterocycles. The molecule has 1 aromatic rings. The number of aromatic nitrogens is 2. The van der Waals surface area contributed by atoms with Crippen molar-refractivity contribution in [1.82, 2.24) is 14.9 Å². The number of aryl methyl sites for hydroxylation is 1. The molecule has 1 aliphatic rings. The van der Waals surface area contributed by atoms with Crippen molar-refractivity contribution in [3.8, 4) is 0 Å². The third-order valence-corrected chi connectivity index (χ3v) is 4.90. The Balaban J connectivity index is 1.98. The van der Waals surface area contributed by atoms with Gasteiger partial charge in [0.15, 0.2) is 5.16 Å². The van der Waals surface area contributed by atoms with Crippen molar-refractivity contribution in [3.63, 3.8) is 0 Å². The number of nitrogen functional groups attached to an aromatic ring is 1. The summed E-state index contributed by atoms with van der Waals surface area (Å²) in [4.78, 5) is 23.0. The Kier molecular flexibility index (Phi) is 5.45. The first kappa shape index (κ1) is 16.1. The largest absolute Gasteiger partial charge is 0.384 e. The molecule has 5 nitrogen and oxygen atoms in total. The van der Waals surface area contributed by atoms with Gasteiger partial charge >= 0.3 is 0 Å². The molecule has 6 heteroatoms. The monoisotopic (exact) mass is 308 g/mol. The summed E-state index contributed by atoms with van der Waals surface area (Å²) in [5.74, 6) is 0.598. The van der Waals surface area contributed by atoms with Gasteiger partial charge in [0.25, 0.3) is 0 Å². The Bertz CT molecular complexity index is 482. The Hall–Kier alpha value is -1.30. The molecular weight excluding hydrogens is 284 g/mol. The Morgan fingerprint density at radius 2 is 2.05 bits per heavy atom. The summed E-state index contributed by atoms with van der Waals surface area (Å²) < 4.78 is 0. The van der Waals surface area contributed by atoms with Gasteiger partial charge in [-0.25, -0.2) is 9.97 Å². The highest BCUT2D eigenvalue weighted by Crippen LogP contribution is 2.26.